The molecule has 1 N–H and O–H groups in total. The highest BCUT2D eigenvalue weighted by molar-refractivity contribution is 6.30. The van der Waals surface area contributed by atoms with Gasteiger partial charge in [0, 0.05) is 24.7 Å². The predicted octanol–water partition coefficient (Wildman–Crippen LogP) is 4.28. The van der Waals surface area contributed by atoms with Gasteiger partial charge in [-0.05, 0) is 54.5 Å². The molecule has 2 amide bonds. The molecule has 1 fully saturated rings. The minimum Gasteiger partial charge on any atom is -0.341 e. The molecule has 2 aromatic carbocycles. The molecule has 5 nitrogen and oxygen atoms in total. The molecule has 1 atom stereocenters. The number of amides is 2. The van der Waals surface area contributed by atoms with Crippen LogP contribution in [0.1, 0.15) is 36.9 Å². The fourth-order valence-corrected chi connectivity index (χ4v) is 4.60. The number of carbonyl (C=O) groups is 2. The molecule has 164 valence electrons. The Kier molecular flexibility index (Phi) is 6.58. The lowest BCUT2D eigenvalue weighted by atomic mass is 9.90. The van der Waals surface area contributed by atoms with Crippen molar-refractivity contribution in [2.45, 2.75) is 32.2 Å². The first-order valence-corrected chi connectivity index (χ1v) is 11.2. The molecule has 0 saturated carbocycles. The number of nitrogens with zero attached hydrogens (tertiary/aromatic N) is 2. The van der Waals surface area contributed by atoms with Crippen molar-refractivity contribution in [3.05, 3.63) is 64.4 Å². The molecule has 4 rings (SSSR count). The van der Waals surface area contributed by atoms with Crippen molar-refractivity contribution in [1.82, 2.24) is 9.80 Å². The summed E-state index contributed by atoms with van der Waals surface area (Å²) in [7, 11) is 0. The van der Waals surface area contributed by atoms with Gasteiger partial charge in [-0.25, -0.2) is 4.39 Å². The van der Waals surface area contributed by atoms with E-state index in [-0.39, 0.29) is 29.1 Å². The predicted molar refractivity (Wildman–Crippen MR) is 119 cm³/mol. The Morgan fingerprint density at radius 2 is 1.87 bits per heavy atom. The van der Waals surface area contributed by atoms with Crippen LogP contribution in [0.3, 0.4) is 0 Å². The number of fused-ring (bicyclic) bond motifs is 1. The Hall–Kier alpha value is -2.44. The van der Waals surface area contributed by atoms with Crippen LogP contribution in [0.15, 0.2) is 42.5 Å². The Labute approximate surface area is 187 Å². The summed E-state index contributed by atoms with van der Waals surface area (Å²) in [4.78, 5) is 30.1. The van der Waals surface area contributed by atoms with Crippen molar-refractivity contribution in [1.29, 1.82) is 0 Å². The Balaban J connectivity index is 1.53. The molecule has 1 unspecified atom stereocenters. The van der Waals surface area contributed by atoms with Crippen LogP contribution < -0.4 is 5.32 Å². The highest BCUT2D eigenvalue weighted by Crippen LogP contribution is 2.32. The van der Waals surface area contributed by atoms with Gasteiger partial charge in [-0.2, -0.15) is 0 Å². The zero-order valence-electron chi connectivity index (χ0n) is 17.6. The van der Waals surface area contributed by atoms with Crippen LogP contribution in [0.2, 0.25) is 5.02 Å². The topological polar surface area (TPSA) is 52.7 Å². The van der Waals surface area contributed by atoms with Crippen LogP contribution in [-0.2, 0) is 16.0 Å². The lowest BCUT2D eigenvalue weighted by Crippen LogP contribution is -2.50. The smallest absolute Gasteiger partial charge is 0.244 e. The zero-order valence-corrected chi connectivity index (χ0v) is 18.4. The maximum atomic E-state index is 14.1. The quantitative estimate of drug-likeness (QED) is 0.767. The monoisotopic (exact) mass is 443 g/mol. The molecule has 31 heavy (non-hydrogen) atoms. The second kappa shape index (κ2) is 9.37. The summed E-state index contributed by atoms with van der Waals surface area (Å²) in [6.07, 6.45) is 2.76. The highest BCUT2D eigenvalue weighted by atomic mass is 35.5. The summed E-state index contributed by atoms with van der Waals surface area (Å²) in [5.41, 5.74) is 2.19. The average molecular weight is 444 g/mol. The van der Waals surface area contributed by atoms with Gasteiger partial charge in [0.15, 0.2) is 0 Å². The molecule has 1 saturated heterocycles. The number of benzene rings is 2. The van der Waals surface area contributed by atoms with Crippen LogP contribution >= 0.6 is 11.6 Å². The molecule has 2 heterocycles. The van der Waals surface area contributed by atoms with Gasteiger partial charge in [0.1, 0.15) is 11.9 Å². The number of halogens is 2. The van der Waals surface area contributed by atoms with E-state index >= 15 is 0 Å². The molecule has 2 aliphatic rings. The second-order valence-corrected chi connectivity index (χ2v) is 8.94. The maximum absolute atomic E-state index is 14.1. The number of rotatable bonds is 4. The van der Waals surface area contributed by atoms with Crippen LogP contribution in [-0.4, -0.2) is 47.8 Å². The number of carbonyl (C=O) groups excluding carboxylic acids is 2. The lowest BCUT2D eigenvalue weighted by molar-refractivity contribution is -0.139. The largest absolute Gasteiger partial charge is 0.341 e. The van der Waals surface area contributed by atoms with E-state index in [1.54, 1.807) is 0 Å². The average Bonchev–Trinajstić information content (AvgIpc) is 2.75. The van der Waals surface area contributed by atoms with Crippen molar-refractivity contribution < 1.29 is 14.0 Å². The lowest BCUT2D eigenvalue weighted by Gasteiger charge is -2.40. The number of nitrogens with one attached hydrogen (secondary N) is 1. The third-order valence-corrected chi connectivity index (χ3v) is 6.50. The van der Waals surface area contributed by atoms with E-state index in [1.165, 1.54) is 12.1 Å². The molecule has 0 bridgehead atoms. The summed E-state index contributed by atoms with van der Waals surface area (Å²) in [5, 5.41) is 2.88. The van der Waals surface area contributed by atoms with Gasteiger partial charge in [-0.1, -0.05) is 42.8 Å². The van der Waals surface area contributed by atoms with Gasteiger partial charge in [-0.15, -0.1) is 0 Å². The van der Waals surface area contributed by atoms with E-state index in [4.69, 9.17) is 11.6 Å². The minimum absolute atomic E-state index is 0.0110. The molecule has 0 aromatic heterocycles. The van der Waals surface area contributed by atoms with Crippen molar-refractivity contribution in [3.63, 3.8) is 0 Å². The third kappa shape index (κ3) is 4.91. The minimum atomic E-state index is -0.583. The van der Waals surface area contributed by atoms with Crippen LogP contribution in [0, 0.1) is 11.7 Å². The third-order valence-electron chi connectivity index (χ3n) is 6.26. The van der Waals surface area contributed by atoms with Crippen molar-refractivity contribution in [3.8, 4) is 0 Å². The van der Waals surface area contributed by atoms with E-state index < -0.39 is 11.9 Å². The maximum Gasteiger partial charge on any atom is 0.244 e. The summed E-state index contributed by atoms with van der Waals surface area (Å²) < 4.78 is 14.1. The van der Waals surface area contributed by atoms with E-state index in [1.807, 2.05) is 34.1 Å². The van der Waals surface area contributed by atoms with Gasteiger partial charge in [0.25, 0.3) is 0 Å². The molecular weight excluding hydrogens is 417 g/mol. The Bertz CT molecular complexity index is 975. The fraction of sp³-hybridized carbons (Fsp3) is 0.417. The van der Waals surface area contributed by atoms with Crippen LogP contribution in [0.4, 0.5) is 10.1 Å². The van der Waals surface area contributed by atoms with E-state index in [0.717, 1.165) is 49.5 Å². The van der Waals surface area contributed by atoms with E-state index in [2.05, 4.69) is 12.2 Å². The highest BCUT2D eigenvalue weighted by Gasteiger charge is 2.37. The van der Waals surface area contributed by atoms with Crippen molar-refractivity contribution >= 4 is 29.1 Å². The summed E-state index contributed by atoms with van der Waals surface area (Å²) >= 11 is 5.79. The van der Waals surface area contributed by atoms with Crippen molar-refractivity contribution in [2.75, 3.05) is 31.5 Å². The van der Waals surface area contributed by atoms with Crippen molar-refractivity contribution in [2.24, 2.45) is 5.92 Å². The van der Waals surface area contributed by atoms with E-state index in [9.17, 15) is 14.0 Å². The first-order valence-electron chi connectivity index (χ1n) is 10.8. The molecule has 0 aliphatic carbocycles. The first kappa shape index (κ1) is 21.8. The second-order valence-electron chi connectivity index (χ2n) is 8.50. The summed E-state index contributed by atoms with van der Waals surface area (Å²) in [5.74, 6) is -0.269. The van der Waals surface area contributed by atoms with Crippen LogP contribution in [0.5, 0.6) is 0 Å². The van der Waals surface area contributed by atoms with Crippen LogP contribution in [0.25, 0.3) is 0 Å². The number of anilines is 1. The summed E-state index contributed by atoms with van der Waals surface area (Å²) in [6, 6.07) is 11.6. The fourth-order valence-electron chi connectivity index (χ4n) is 4.44. The normalized spacial score (nSPS) is 19.7. The Morgan fingerprint density at radius 1 is 1.13 bits per heavy atom. The number of hydrogen-bond donors (Lipinski definition) is 1. The molecular formula is C24H27ClFN3O2. The van der Waals surface area contributed by atoms with Gasteiger partial charge in [0.2, 0.25) is 11.8 Å². The molecule has 2 aromatic rings. The van der Waals surface area contributed by atoms with Gasteiger partial charge in [-0.3, -0.25) is 14.5 Å². The zero-order chi connectivity index (χ0) is 22.0. The first-order chi connectivity index (χ1) is 14.9. The van der Waals surface area contributed by atoms with E-state index in [0.29, 0.717) is 12.5 Å². The molecule has 7 heteroatoms. The Morgan fingerprint density at radius 3 is 2.61 bits per heavy atom. The van der Waals surface area contributed by atoms with Gasteiger partial charge < -0.3 is 10.2 Å². The SMILES string of the molecule is CC1CCN(C(=O)C2c3ccccc3CCN2CC(=O)Nc2ccc(Cl)cc2F)CC1. The number of piperidine rings is 1. The van der Waals surface area contributed by atoms with Gasteiger partial charge >= 0.3 is 0 Å². The molecule has 2 aliphatic heterocycles. The molecule has 0 radical (unpaired) electrons. The molecule has 0 spiro atoms. The number of likely N-dealkylation sites (tertiary alicyclic amines) is 1. The van der Waals surface area contributed by atoms with Gasteiger partial charge in [0.05, 0.1) is 12.2 Å². The number of hydrogen-bond acceptors (Lipinski definition) is 3. The standard InChI is InChI=1S/C24H27ClFN3O2/c1-16-8-11-28(12-9-16)24(31)23-19-5-3-2-4-17(19)10-13-29(23)15-22(30)27-21-7-6-18(25)14-20(21)26/h2-7,14,16,23H,8-13,15H2,1H3,(H,27,30). The summed E-state index contributed by atoms with van der Waals surface area (Å²) in [6.45, 7) is 4.30.